The Kier molecular flexibility index (Phi) is 6.24. The van der Waals surface area contributed by atoms with E-state index in [0.29, 0.717) is 26.9 Å². The second-order valence-corrected chi connectivity index (χ2v) is 9.10. The van der Waals surface area contributed by atoms with E-state index >= 15 is 0 Å². The molecule has 0 atom stereocenters. The van der Waals surface area contributed by atoms with Gasteiger partial charge in [0.25, 0.3) is 5.56 Å². The Morgan fingerprint density at radius 3 is 2.49 bits per heavy atom. The van der Waals surface area contributed by atoms with Crippen molar-refractivity contribution in [1.29, 1.82) is 0 Å². The third-order valence-electron chi connectivity index (χ3n) is 5.78. The van der Waals surface area contributed by atoms with Gasteiger partial charge in [0, 0.05) is 24.7 Å². The van der Waals surface area contributed by atoms with Crippen LogP contribution in [0.1, 0.15) is 11.1 Å². The van der Waals surface area contributed by atoms with Crippen molar-refractivity contribution < 1.29 is 9.18 Å². The van der Waals surface area contributed by atoms with Crippen molar-refractivity contribution in [2.24, 2.45) is 0 Å². The fraction of sp³-hybridized carbons (Fsp3) is 0.154. The van der Waals surface area contributed by atoms with Crippen LogP contribution in [0.25, 0.3) is 20.4 Å². The highest BCUT2D eigenvalue weighted by molar-refractivity contribution is 7.25. The van der Waals surface area contributed by atoms with E-state index in [1.54, 1.807) is 30.5 Å². The molecule has 3 aromatic heterocycles. The predicted molar refractivity (Wildman–Crippen MR) is 134 cm³/mol. The molecule has 0 spiro atoms. The minimum absolute atomic E-state index is 0.191. The van der Waals surface area contributed by atoms with Crippen LogP contribution < -0.4 is 16.6 Å². The molecule has 0 bridgehead atoms. The van der Waals surface area contributed by atoms with Gasteiger partial charge in [-0.15, -0.1) is 11.3 Å². The molecule has 0 saturated carbocycles. The van der Waals surface area contributed by atoms with Crippen LogP contribution in [0.3, 0.4) is 0 Å². The quantitative estimate of drug-likeness (QED) is 0.380. The molecule has 0 saturated heterocycles. The van der Waals surface area contributed by atoms with Crippen LogP contribution >= 0.6 is 11.3 Å². The predicted octanol–water partition coefficient (Wildman–Crippen LogP) is 3.47. The molecule has 1 amide bonds. The van der Waals surface area contributed by atoms with Crippen LogP contribution in [0.4, 0.5) is 4.39 Å². The van der Waals surface area contributed by atoms with Gasteiger partial charge in [-0.05, 0) is 41.8 Å². The van der Waals surface area contributed by atoms with Gasteiger partial charge < -0.3 is 5.32 Å². The number of thiophene rings is 1. The monoisotopic (exact) mass is 488 g/mol. The van der Waals surface area contributed by atoms with E-state index in [9.17, 15) is 18.8 Å². The van der Waals surface area contributed by atoms with Crippen molar-refractivity contribution in [2.75, 3.05) is 0 Å². The van der Waals surface area contributed by atoms with E-state index in [1.165, 1.54) is 32.6 Å². The summed E-state index contributed by atoms with van der Waals surface area (Å²) in [5.74, 6) is -0.751. The first kappa shape index (κ1) is 22.7. The second kappa shape index (κ2) is 9.63. The van der Waals surface area contributed by atoms with Gasteiger partial charge in [-0.3, -0.25) is 18.7 Å². The topological polar surface area (TPSA) is 86.0 Å². The van der Waals surface area contributed by atoms with Crippen LogP contribution in [-0.2, 0) is 30.8 Å². The Morgan fingerprint density at radius 2 is 1.71 bits per heavy atom. The van der Waals surface area contributed by atoms with Crippen LogP contribution in [-0.4, -0.2) is 20.0 Å². The minimum Gasteiger partial charge on any atom is -0.350 e. The Balaban J connectivity index is 1.52. The van der Waals surface area contributed by atoms with Crippen LogP contribution in [0.15, 0.2) is 82.5 Å². The Hall–Kier alpha value is -4.11. The average molecular weight is 489 g/mol. The molecule has 9 heteroatoms. The fourth-order valence-corrected chi connectivity index (χ4v) is 5.11. The SMILES string of the molecule is O=C(Cn1c(=O)n(CCc2ccccc2)c(=O)c2sc3ncccc3c21)NCc1ccc(F)cc1. The van der Waals surface area contributed by atoms with Gasteiger partial charge in [0.2, 0.25) is 5.91 Å². The molecule has 0 aliphatic carbocycles. The maximum absolute atomic E-state index is 13.5. The largest absolute Gasteiger partial charge is 0.350 e. The van der Waals surface area contributed by atoms with E-state index in [0.717, 1.165) is 11.1 Å². The number of aryl methyl sites for hydroxylation is 1. The van der Waals surface area contributed by atoms with Gasteiger partial charge in [-0.1, -0.05) is 42.5 Å². The van der Waals surface area contributed by atoms with Crippen molar-refractivity contribution in [3.63, 3.8) is 0 Å². The zero-order valence-corrected chi connectivity index (χ0v) is 19.4. The van der Waals surface area contributed by atoms with E-state index in [1.807, 2.05) is 30.3 Å². The first-order valence-corrected chi connectivity index (χ1v) is 11.9. The maximum atomic E-state index is 13.5. The molecule has 0 aliphatic heterocycles. The number of benzene rings is 2. The summed E-state index contributed by atoms with van der Waals surface area (Å²) in [5.41, 5.74) is 1.22. The number of pyridine rings is 1. The number of carbonyl (C=O) groups excluding carboxylic acids is 1. The summed E-state index contributed by atoms with van der Waals surface area (Å²) in [5, 5.41) is 3.43. The van der Waals surface area contributed by atoms with Crippen LogP contribution in [0.5, 0.6) is 0 Å². The van der Waals surface area contributed by atoms with Crippen LogP contribution in [0, 0.1) is 5.82 Å². The molecule has 35 heavy (non-hydrogen) atoms. The van der Waals surface area contributed by atoms with Crippen molar-refractivity contribution in [1.82, 2.24) is 19.4 Å². The summed E-state index contributed by atoms with van der Waals surface area (Å²) in [7, 11) is 0. The van der Waals surface area contributed by atoms with Gasteiger partial charge in [0.15, 0.2) is 0 Å². The van der Waals surface area contributed by atoms with E-state index in [4.69, 9.17) is 0 Å². The third kappa shape index (κ3) is 4.63. The Bertz CT molecular complexity index is 1640. The number of carbonyl (C=O) groups is 1. The number of hydrogen-bond donors (Lipinski definition) is 1. The van der Waals surface area contributed by atoms with Gasteiger partial charge >= 0.3 is 5.69 Å². The number of hydrogen-bond acceptors (Lipinski definition) is 5. The summed E-state index contributed by atoms with van der Waals surface area (Å²) in [6, 6.07) is 18.9. The Morgan fingerprint density at radius 1 is 0.943 bits per heavy atom. The highest BCUT2D eigenvalue weighted by Crippen LogP contribution is 2.29. The second-order valence-electron chi connectivity index (χ2n) is 8.10. The average Bonchev–Trinajstić information content (AvgIpc) is 3.27. The lowest BCUT2D eigenvalue weighted by Crippen LogP contribution is -2.42. The first-order chi connectivity index (χ1) is 17.0. The highest BCUT2D eigenvalue weighted by atomic mass is 32.1. The van der Waals surface area contributed by atoms with E-state index in [2.05, 4.69) is 10.3 Å². The van der Waals surface area contributed by atoms with Gasteiger partial charge in [0.05, 0.1) is 5.52 Å². The summed E-state index contributed by atoms with van der Waals surface area (Å²) in [4.78, 5) is 44.6. The molecule has 0 unspecified atom stereocenters. The normalized spacial score (nSPS) is 11.2. The molecule has 1 N–H and O–H groups in total. The zero-order valence-electron chi connectivity index (χ0n) is 18.6. The van der Waals surface area contributed by atoms with Crippen molar-refractivity contribution >= 4 is 37.7 Å². The minimum atomic E-state index is -0.543. The number of fused-ring (bicyclic) bond motifs is 3. The lowest BCUT2D eigenvalue weighted by molar-refractivity contribution is -0.121. The number of amides is 1. The van der Waals surface area contributed by atoms with Crippen molar-refractivity contribution in [3.8, 4) is 0 Å². The molecule has 176 valence electrons. The van der Waals surface area contributed by atoms with Crippen LogP contribution in [0.2, 0.25) is 0 Å². The molecule has 5 rings (SSSR count). The van der Waals surface area contributed by atoms with E-state index < -0.39 is 11.6 Å². The smallest absolute Gasteiger partial charge is 0.332 e. The van der Waals surface area contributed by atoms with Crippen molar-refractivity contribution in [2.45, 2.75) is 26.1 Å². The number of nitrogens with zero attached hydrogens (tertiary/aromatic N) is 3. The van der Waals surface area contributed by atoms with Gasteiger partial charge in [0.1, 0.15) is 21.9 Å². The Labute approximate surface area is 203 Å². The molecule has 2 aromatic carbocycles. The number of halogens is 1. The molecule has 0 fully saturated rings. The number of rotatable bonds is 7. The highest BCUT2D eigenvalue weighted by Gasteiger charge is 2.20. The molecule has 0 radical (unpaired) electrons. The number of nitrogens with one attached hydrogen (secondary N) is 1. The molecular formula is C26H21FN4O3S. The summed E-state index contributed by atoms with van der Waals surface area (Å²) in [6.07, 6.45) is 2.13. The van der Waals surface area contributed by atoms with Gasteiger partial charge in [-0.25, -0.2) is 14.2 Å². The van der Waals surface area contributed by atoms with Crippen molar-refractivity contribution in [3.05, 3.63) is 111 Å². The lowest BCUT2D eigenvalue weighted by Gasteiger charge is -2.13. The first-order valence-electron chi connectivity index (χ1n) is 11.1. The standard InChI is InChI=1S/C26H21FN4O3S/c27-19-10-8-18(9-11-19)15-29-21(32)16-31-22-20-7-4-13-28-24(20)35-23(22)25(33)30(26(31)34)14-12-17-5-2-1-3-6-17/h1-11,13H,12,14-16H2,(H,29,32). The lowest BCUT2D eigenvalue weighted by atomic mass is 10.1. The summed E-state index contributed by atoms with van der Waals surface area (Å²) >= 11 is 1.21. The molecule has 3 heterocycles. The fourth-order valence-electron chi connectivity index (χ4n) is 4.02. The third-order valence-corrected chi connectivity index (χ3v) is 6.87. The molecule has 5 aromatic rings. The summed E-state index contributed by atoms with van der Waals surface area (Å²) in [6.45, 7) is 0.121. The van der Waals surface area contributed by atoms with E-state index in [-0.39, 0.29) is 31.0 Å². The molecule has 7 nitrogen and oxygen atoms in total. The molecular weight excluding hydrogens is 467 g/mol. The maximum Gasteiger partial charge on any atom is 0.332 e. The number of aromatic nitrogens is 3. The summed E-state index contributed by atoms with van der Waals surface area (Å²) < 4.78 is 16.1. The molecule has 0 aliphatic rings. The van der Waals surface area contributed by atoms with Gasteiger partial charge in [-0.2, -0.15) is 0 Å². The zero-order chi connectivity index (χ0) is 24.4.